The molecule has 0 unspecified atom stereocenters. The molecule has 0 radical (unpaired) electrons. The van der Waals surface area contributed by atoms with E-state index in [2.05, 4.69) is 4.98 Å². The molecule has 0 saturated heterocycles. The number of benzene rings is 1. The summed E-state index contributed by atoms with van der Waals surface area (Å²) in [5.74, 6) is -1.43. The molecule has 1 heterocycles. The van der Waals surface area contributed by atoms with Crippen molar-refractivity contribution in [3.8, 4) is 16.3 Å². The van der Waals surface area contributed by atoms with Crippen molar-refractivity contribution >= 4 is 17.3 Å². The van der Waals surface area contributed by atoms with Gasteiger partial charge in [-0.25, -0.2) is 9.37 Å². The molecule has 0 aliphatic rings. The van der Waals surface area contributed by atoms with Crippen LogP contribution < -0.4 is 0 Å². The van der Waals surface area contributed by atoms with Crippen LogP contribution in [0.4, 0.5) is 4.39 Å². The molecule has 100 valence electrons. The predicted molar refractivity (Wildman–Crippen MR) is 69.5 cm³/mol. The van der Waals surface area contributed by atoms with E-state index in [1.165, 1.54) is 23.5 Å². The number of phenols is 1. The van der Waals surface area contributed by atoms with Gasteiger partial charge in [-0.05, 0) is 25.1 Å². The molecule has 19 heavy (non-hydrogen) atoms. The first kappa shape index (κ1) is 13.5. The molecule has 2 aromatic rings. The van der Waals surface area contributed by atoms with Gasteiger partial charge < -0.3 is 9.84 Å². The summed E-state index contributed by atoms with van der Waals surface area (Å²) in [5.41, 5.74) is 1.15. The van der Waals surface area contributed by atoms with Crippen molar-refractivity contribution in [1.82, 2.24) is 4.98 Å². The number of esters is 1. The molecular formula is C13H12FNO3S. The summed E-state index contributed by atoms with van der Waals surface area (Å²) in [4.78, 5) is 15.5. The fourth-order valence-corrected chi connectivity index (χ4v) is 2.34. The minimum atomic E-state index is -0.695. The van der Waals surface area contributed by atoms with Crippen LogP contribution >= 0.6 is 11.3 Å². The number of halogens is 1. The van der Waals surface area contributed by atoms with E-state index in [1.807, 2.05) is 0 Å². The first-order chi connectivity index (χ1) is 9.10. The highest BCUT2D eigenvalue weighted by Gasteiger charge is 2.11. The summed E-state index contributed by atoms with van der Waals surface area (Å²) in [6, 6.07) is 4.06. The van der Waals surface area contributed by atoms with Crippen molar-refractivity contribution in [1.29, 1.82) is 0 Å². The molecule has 0 spiro atoms. The molecule has 0 amide bonds. The molecule has 0 atom stereocenters. The number of rotatable bonds is 4. The van der Waals surface area contributed by atoms with E-state index in [1.54, 1.807) is 18.4 Å². The Hall–Kier alpha value is -1.95. The van der Waals surface area contributed by atoms with Crippen molar-refractivity contribution in [2.24, 2.45) is 0 Å². The summed E-state index contributed by atoms with van der Waals surface area (Å²) in [7, 11) is 0. The maximum atomic E-state index is 13.2. The topological polar surface area (TPSA) is 59.4 Å². The second-order valence-corrected chi connectivity index (χ2v) is 4.65. The molecule has 1 N–H and O–H groups in total. The summed E-state index contributed by atoms with van der Waals surface area (Å²) in [6.07, 6.45) is 0.102. The number of nitrogens with zero attached hydrogens (tertiary/aromatic N) is 1. The fraction of sp³-hybridized carbons (Fsp3) is 0.231. The highest BCUT2D eigenvalue weighted by molar-refractivity contribution is 7.13. The normalized spacial score (nSPS) is 10.4. The van der Waals surface area contributed by atoms with E-state index in [-0.39, 0.29) is 12.4 Å². The van der Waals surface area contributed by atoms with Crippen LogP contribution in [0.5, 0.6) is 5.75 Å². The third kappa shape index (κ3) is 3.29. The second kappa shape index (κ2) is 5.79. The van der Waals surface area contributed by atoms with Crippen molar-refractivity contribution in [2.45, 2.75) is 13.3 Å². The van der Waals surface area contributed by atoms with Crippen molar-refractivity contribution in [2.75, 3.05) is 6.61 Å². The second-order valence-electron chi connectivity index (χ2n) is 3.79. The number of hydrogen-bond donors (Lipinski definition) is 1. The lowest BCUT2D eigenvalue weighted by Crippen LogP contribution is -2.07. The quantitative estimate of drug-likeness (QED) is 0.875. The number of ether oxygens (including phenoxy) is 1. The smallest absolute Gasteiger partial charge is 0.311 e. The van der Waals surface area contributed by atoms with Gasteiger partial charge in [0.1, 0.15) is 5.01 Å². The van der Waals surface area contributed by atoms with E-state index >= 15 is 0 Å². The zero-order valence-electron chi connectivity index (χ0n) is 10.2. The van der Waals surface area contributed by atoms with E-state index < -0.39 is 11.6 Å². The average Bonchev–Trinajstić information content (AvgIpc) is 2.81. The lowest BCUT2D eigenvalue weighted by molar-refractivity contribution is -0.142. The first-order valence-electron chi connectivity index (χ1n) is 5.69. The number of carbonyl (C=O) groups is 1. The van der Waals surface area contributed by atoms with Crippen LogP contribution in [0.15, 0.2) is 23.6 Å². The summed E-state index contributed by atoms with van der Waals surface area (Å²) < 4.78 is 18.1. The summed E-state index contributed by atoms with van der Waals surface area (Å²) >= 11 is 1.31. The van der Waals surface area contributed by atoms with Crippen LogP contribution in [0.1, 0.15) is 12.6 Å². The van der Waals surface area contributed by atoms with Gasteiger partial charge in [0.25, 0.3) is 0 Å². The van der Waals surface area contributed by atoms with Crippen molar-refractivity contribution in [3.63, 3.8) is 0 Å². The molecule has 4 nitrogen and oxygen atoms in total. The zero-order valence-corrected chi connectivity index (χ0v) is 11.0. The first-order valence-corrected chi connectivity index (χ1v) is 6.57. The van der Waals surface area contributed by atoms with E-state index in [0.717, 1.165) is 0 Å². The lowest BCUT2D eigenvalue weighted by atomic mass is 10.2. The van der Waals surface area contributed by atoms with Gasteiger partial charge in [0.05, 0.1) is 18.7 Å². The fourth-order valence-electron chi connectivity index (χ4n) is 1.52. The Morgan fingerprint density at radius 3 is 3.00 bits per heavy atom. The van der Waals surface area contributed by atoms with Crippen LogP contribution in [-0.4, -0.2) is 22.7 Å². The Morgan fingerprint density at radius 1 is 1.53 bits per heavy atom. The molecule has 2 rings (SSSR count). The van der Waals surface area contributed by atoms with Gasteiger partial charge in [-0.2, -0.15) is 0 Å². The van der Waals surface area contributed by atoms with Gasteiger partial charge in [0.15, 0.2) is 11.6 Å². The van der Waals surface area contributed by atoms with Gasteiger partial charge in [-0.3, -0.25) is 4.79 Å². The molecule has 1 aromatic heterocycles. The molecule has 0 fully saturated rings. The van der Waals surface area contributed by atoms with Gasteiger partial charge in [0.2, 0.25) is 0 Å². The number of hydrogen-bond acceptors (Lipinski definition) is 5. The minimum absolute atomic E-state index is 0.102. The van der Waals surface area contributed by atoms with Crippen LogP contribution in [0.2, 0.25) is 0 Å². The third-order valence-electron chi connectivity index (χ3n) is 2.38. The number of thiazole rings is 1. The van der Waals surface area contributed by atoms with Crippen LogP contribution in [0.3, 0.4) is 0 Å². The van der Waals surface area contributed by atoms with E-state index in [0.29, 0.717) is 22.9 Å². The van der Waals surface area contributed by atoms with E-state index in [4.69, 9.17) is 9.84 Å². The average molecular weight is 281 g/mol. The monoisotopic (exact) mass is 281 g/mol. The Bertz CT molecular complexity index is 597. The lowest BCUT2D eigenvalue weighted by Gasteiger charge is -1.99. The van der Waals surface area contributed by atoms with Crippen LogP contribution in [0, 0.1) is 5.82 Å². The summed E-state index contributed by atoms with van der Waals surface area (Å²) in [6.45, 7) is 2.07. The van der Waals surface area contributed by atoms with Gasteiger partial charge in [0, 0.05) is 10.9 Å². The van der Waals surface area contributed by atoms with Gasteiger partial charge >= 0.3 is 5.97 Å². The number of carbonyl (C=O) groups excluding carboxylic acids is 1. The molecule has 0 aliphatic carbocycles. The number of aromatic hydroxyl groups is 1. The van der Waals surface area contributed by atoms with E-state index in [9.17, 15) is 9.18 Å². The molecule has 6 heteroatoms. The number of aromatic nitrogens is 1. The maximum absolute atomic E-state index is 13.2. The third-order valence-corrected chi connectivity index (χ3v) is 3.32. The predicted octanol–water partition coefficient (Wildman–Crippen LogP) is 2.76. The molecule has 1 aromatic carbocycles. The van der Waals surface area contributed by atoms with Gasteiger partial charge in [-0.15, -0.1) is 11.3 Å². The summed E-state index contributed by atoms with van der Waals surface area (Å²) in [5, 5.41) is 11.4. The highest BCUT2D eigenvalue weighted by atomic mass is 32.1. The van der Waals surface area contributed by atoms with Crippen LogP contribution in [0.25, 0.3) is 10.6 Å². The molecular weight excluding hydrogens is 269 g/mol. The zero-order chi connectivity index (χ0) is 13.8. The molecule has 0 bridgehead atoms. The van der Waals surface area contributed by atoms with Crippen molar-refractivity contribution < 1.29 is 19.0 Å². The maximum Gasteiger partial charge on any atom is 0.311 e. The number of phenolic OH excluding ortho intramolecular Hbond substituents is 1. The Morgan fingerprint density at radius 2 is 2.32 bits per heavy atom. The Kier molecular flexibility index (Phi) is 4.11. The molecule has 0 saturated carbocycles. The SMILES string of the molecule is CCOC(=O)Cc1csc(-c2ccc(O)c(F)c2)n1. The highest BCUT2D eigenvalue weighted by Crippen LogP contribution is 2.27. The Labute approximate surface area is 113 Å². The molecule has 0 aliphatic heterocycles. The minimum Gasteiger partial charge on any atom is -0.505 e. The Balaban J connectivity index is 2.16. The van der Waals surface area contributed by atoms with Crippen LogP contribution in [-0.2, 0) is 16.0 Å². The standard InChI is InChI=1S/C13H12FNO3S/c1-2-18-12(17)6-9-7-19-13(15-9)8-3-4-11(16)10(14)5-8/h3-5,7,16H,2,6H2,1H3. The van der Waals surface area contributed by atoms with Gasteiger partial charge in [-0.1, -0.05) is 0 Å². The van der Waals surface area contributed by atoms with Crippen molar-refractivity contribution in [3.05, 3.63) is 35.1 Å². The largest absolute Gasteiger partial charge is 0.505 e.